The molecule has 2 heteroatoms. The highest BCUT2D eigenvalue weighted by molar-refractivity contribution is 5.13. The van der Waals surface area contributed by atoms with E-state index in [0.717, 1.165) is 12.8 Å². The van der Waals surface area contributed by atoms with Crippen LogP contribution in [0.15, 0.2) is 30.3 Å². The molecule has 0 aromatic heterocycles. The van der Waals surface area contributed by atoms with Crippen LogP contribution >= 0.6 is 0 Å². The second kappa shape index (κ2) is 4.98. The van der Waals surface area contributed by atoms with Crippen LogP contribution in [0.3, 0.4) is 0 Å². The van der Waals surface area contributed by atoms with Crippen molar-refractivity contribution in [3.63, 3.8) is 0 Å². The zero-order chi connectivity index (χ0) is 11.4. The van der Waals surface area contributed by atoms with Crippen LogP contribution in [0, 0.1) is 0 Å². The Morgan fingerprint density at radius 3 is 2.69 bits per heavy atom. The number of hydrogen-bond acceptors (Lipinski definition) is 2. The van der Waals surface area contributed by atoms with Crippen LogP contribution in [-0.4, -0.2) is 18.3 Å². The van der Waals surface area contributed by atoms with Gasteiger partial charge in [-0.2, -0.15) is 0 Å². The van der Waals surface area contributed by atoms with E-state index in [9.17, 15) is 0 Å². The average Bonchev–Trinajstić information content (AvgIpc) is 2.60. The molecule has 88 valence electrons. The van der Waals surface area contributed by atoms with E-state index in [1.807, 2.05) is 18.2 Å². The van der Waals surface area contributed by atoms with Crippen LogP contribution in [0.5, 0.6) is 0 Å². The molecule has 1 aromatic rings. The molecule has 1 saturated heterocycles. The number of benzene rings is 1. The molecule has 1 atom stereocenters. The Morgan fingerprint density at radius 2 is 2.06 bits per heavy atom. The highest BCUT2D eigenvalue weighted by Crippen LogP contribution is 2.29. The Balaban J connectivity index is 1.70. The lowest BCUT2D eigenvalue weighted by molar-refractivity contribution is -0.0562. The molecule has 0 unspecified atom stereocenters. The maximum atomic E-state index is 5.86. The van der Waals surface area contributed by atoms with Gasteiger partial charge < -0.3 is 9.47 Å². The Morgan fingerprint density at radius 1 is 1.31 bits per heavy atom. The van der Waals surface area contributed by atoms with E-state index in [0.29, 0.717) is 13.2 Å². The molecule has 0 aliphatic carbocycles. The van der Waals surface area contributed by atoms with Gasteiger partial charge in [-0.25, -0.2) is 0 Å². The van der Waals surface area contributed by atoms with Crippen molar-refractivity contribution in [2.45, 2.75) is 45.0 Å². The standard InChI is InChI=1S/C14H20O2/c1-14(2)9-8-13(16-14)11-15-10-12-6-4-3-5-7-12/h3-7,13H,8-11H2,1-2H3/t13-/m0/s1. The molecule has 0 amide bonds. The third-order valence-corrected chi connectivity index (χ3v) is 2.97. The number of ether oxygens (including phenoxy) is 2. The molecule has 0 radical (unpaired) electrons. The fourth-order valence-corrected chi connectivity index (χ4v) is 2.08. The molecule has 0 N–H and O–H groups in total. The molecule has 16 heavy (non-hydrogen) atoms. The number of hydrogen-bond donors (Lipinski definition) is 0. The van der Waals surface area contributed by atoms with Crippen LogP contribution in [0.25, 0.3) is 0 Å². The first-order valence-electron chi connectivity index (χ1n) is 5.95. The molecule has 2 nitrogen and oxygen atoms in total. The van der Waals surface area contributed by atoms with Gasteiger partial charge in [0.2, 0.25) is 0 Å². The second-order valence-electron chi connectivity index (χ2n) is 5.04. The van der Waals surface area contributed by atoms with E-state index < -0.39 is 0 Å². The average molecular weight is 220 g/mol. The fraction of sp³-hybridized carbons (Fsp3) is 0.571. The van der Waals surface area contributed by atoms with Gasteiger partial charge in [0.1, 0.15) is 0 Å². The quantitative estimate of drug-likeness (QED) is 0.776. The van der Waals surface area contributed by atoms with Gasteiger partial charge in [-0.1, -0.05) is 30.3 Å². The van der Waals surface area contributed by atoms with Crippen molar-refractivity contribution in [2.24, 2.45) is 0 Å². The third-order valence-electron chi connectivity index (χ3n) is 2.97. The lowest BCUT2D eigenvalue weighted by Crippen LogP contribution is -2.22. The van der Waals surface area contributed by atoms with Gasteiger partial charge >= 0.3 is 0 Å². The molecule has 0 saturated carbocycles. The first kappa shape index (κ1) is 11.6. The minimum absolute atomic E-state index is 0.0424. The molecule has 1 aromatic carbocycles. The van der Waals surface area contributed by atoms with Crippen LogP contribution in [0.2, 0.25) is 0 Å². The minimum atomic E-state index is 0.0424. The Labute approximate surface area is 97.6 Å². The minimum Gasteiger partial charge on any atom is -0.374 e. The van der Waals surface area contributed by atoms with Crippen LogP contribution in [0.4, 0.5) is 0 Å². The van der Waals surface area contributed by atoms with Gasteiger partial charge in [0.25, 0.3) is 0 Å². The first-order valence-corrected chi connectivity index (χ1v) is 5.95. The monoisotopic (exact) mass is 220 g/mol. The van der Waals surface area contributed by atoms with E-state index >= 15 is 0 Å². The van der Waals surface area contributed by atoms with Crippen LogP contribution < -0.4 is 0 Å². The summed E-state index contributed by atoms with van der Waals surface area (Å²) in [5.74, 6) is 0. The van der Waals surface area contributed by atoms with E-state index in [1.54, 1.807) is 0 Å². The molecule has 0 bridgehead atoms. The van der Waals surface area contributed by atoms with Gasteiger partial charge in [-0.15, -0.1) is 0 Å². The normalized spacial score (nSPS) is 23.5. The number of rotatable bonds is 4. The molecular weight excluding hydrogens is 200 g/mol. The van der Waals surface area contributed by atoms with Crippen molar-refractivity contribution in [1.29, 1.82) is 0 Å². The van der Waals surface area contributed by atoms with Crippen molar-refractivity contribution in [2.75, 3.05) is 6.61 Å². The van der Waals surface area contributed by atoms with Crippen molar-refractivity contribution in [3.8, 4) is 0 Å². The summed E-state index contributed by atoms with van der Waals surface area (Å²) in [5, 5.41) is 0. The van der Waals surface area contributed by atoms with Gasteiger partial charge in [0.15, 0.2) is 0 Å². The predicted octanol–water partition coefficient (Wildman–Crippen LogP) is 3.16. The third kappa shape index (κ3) is 3.32. The maximum absolute atomic E-state index is 5.86. The Bertz CT molecular complexity index is 319. The predicted molar refractivity (Wildman–Crippen MR) is 64.3 cm³/mol. The summed E-state index contributed by atoms with van der Waals surface area (Å²) in [6, 6.07) is 10.3. The summed E-state index contributed by atoms with van der Waals surface area (Å²) >= 11 is 0. The van der Waals surface area contributed by atoms with Crippen molar-refractivity contribution >= 4 is 0 Å². The molecular formula is C14H20O2. The maximum Gasteiger partial charge on any atom is 0.0817 e. The zero-order valence-corrected chi connectivity index (χ0v) is 10.1. The van der Waals surface area contributed by atoms with Gasteiger partial charge in [0, 0.05) is 0 Å². The lowest BCUT2D eigenvalue weighted by atomic mass is 10.1. The molecule has 1 heterocycles. The zero-order valence-electron chi connectivity index (χ0n) is 10.1. The topological polar surface area (TPSA) is 18.5 Å². The Kier molecular flexibility index (Phi) is 3.62. The molecule has 1 aliphatic heterocycles. The molecule has 2 rings (SSSR count). The molecule has 1 fully saturated rings. The highest BCUT2D eigenvalue weighted by Gasteiger charge is 2.31. The summed E-state index contributed by atoms with van der Waals surface area (Å²) in [6.45, 7) is 5.67. The smallest absolute Gasteiger partial charge is 0.0817 e. The largest absolute Gasteiger partial charge is 0.374 e. The van der Waals surface area contributed by atoms with E-state index in [-0.39, 0.29) is 11.7 Å². The van der Waals surface area contributed by atoms with Crippen molar-refractivity contribution < 1.29 is 9.47 Å². The van der Waals surface area contributed by atoms with E-state index in [1.165, 1.54) is 5.56 Å². The summed E-state index contributed by atoms with van der Waals surface area (Å²) in [7, 11) is 0. The summed E-state index contributed by atoms with van der Waals surface area (Å²) in [6.07, 6.45) is 2.52. The van der Waals surface area contributed by atoms with Crippen molar-refractivity contribution in [3.05, 3.63) is 35.9 Å². The SMILES string of the molecule is CC1(C)CC[C@@H](COCc2ccccc2)O1. The summed E-state index contributed by atoms with van der Waals surface area (Å²) < 4.78 is 11.5. The highest BCUT2D eigenvalue weighted by atomic mass is 16.5. The lowest BCUT2D eigenvalue weighted by Gasteiger charge is -2.19. The fourth-order valence-electron chi connectivity index (χ4n) is 2.08. The van der Waals surface area contributed by atoms with Gasteiger partial charge in [0.05, 0.1) is 24.9 Å². The van der Waals surface area contributed by atoms with E-state index in [4.69, 9.17) is 9.47 Å². The van der Waals surface area contributed by atoms with Gasteiger partial charge in [-0.3, -0.25) is 0 Å². The molecule has 1 aliphatic rings. The first-order chi connectivity index (χ1) is 7.66. The second-order valence-corrected chi connectivity index (χ2v) is 5.04. The van der Waals surface area contributed by atoms with Crippen LogP contribution in [0.1, 0.15) is 32.3 Å². The summed E-state index contributed by atoms with van der Waals surface area (Å²) in [4.78, 5) is 0. The van der Waals surface area contributed by atoms with Crippen LogP contribution in [-0.2, 0) is 16.1 Å². The summed E-state index contributed by atoms with van der Waals surface area (Å²) in [5.41, 5.74) is 1.26. The van der Waals surface area contributed by atoms with Gasteiger partial charge in [-0.05, 0) is 32.3 Å². The van der Waals surface area contributed by atoms with Crippen molar-refractivity contribution in [1.82, 2.24) is 0 Å². The Hall–Kier alpha value is -0.860. The van der Waals surface area contributed by atoms with E-state index in [2.05, 4.69) is 26.0 Å². The molecule has 0 spiro atoms.